The van der Waals surface area contributed by atoms with E-state index in [1.165, 1.54) is 22.7 Å². The number of thiazole rings is 2. The van der Waals surface area contributed by atoms with Crippen LogP contribution in [0.3, 0.4) is 0 Å². The molecule has 1 aliphatic heterocycles. The predicted molar refractivity (Wildman–Crippen MR) is 111 cm³/mol. The molecule has 0 aliphatic carbocycles. The Bertz CT molecular complexity index is 970. The van der Waals surface area contributed by atoms with Crippen molar-refractivity contribution < 1.29 is 9.59 Å². The van der Waals surface area contributed by atoms with E-state index in [4.69, 9.17) is 0 Å². The Labute approximate surface area is 171 Å². The fourth-order valence-corrected chi connectivity index (χ4v) is 4.97. The summed E-state index contributed by atoms with van der Waals surface area (Å²) in [5, 5.41) is 6.09. The lowest BCUT2D eigenvalue weighted by Crippen LogP contribution is -2.43. The zero-order valence-corrected chi connectivity index (χ0v) is 17.1. The second-order valence-electron chi connectivity index (χ2n) is 6.67. The number of hydrogen-bond donors (Lipinski definition) is 1. The number of rotatable bonds is 5. The fraction of sp³-hybridized carbons (Fsp3) is 0.300. The minimum atomic E-state index is -0.463. The topological polar surface area (TPSA) is 75.2 Å². The number of nitrogens with one attached hydrogen (secondary N) is 1. The van der Waals surface area contributed by atoms with Crippen molar-refractivity contribution in [2.24, 2.45) is 0 Å². The van der Waals surface area contributed by atoms with E-state index in [0.29, 0.717) is 29.4 Å². The lowest BCUT2D eigenvalue weighted by molar-refractivity contribution is -0.119. The molecule has 8 heteroatoms. The maximum atomic E-state index is 13.2. The third kappa shape index (κ3) is 3.98. The zero-order valence-electron chi connectivity index (χ0n) is 15.4. The molecule has 2 aromatic heterocycles. The van der Waals surface area contributed by atoms with E-state index in [9.17, 15) is 9.59 Å². The largest absolute Gasteiger partial charge is 0.326 e. The molecule has 1 atom stereocenters. The normalized spacial score (nSPS) is 16.3. The van der Waals surface area contributed by atoms with Crippen molar-refractivity contribution in [2.45, 2.75) is 32.2 Å². The third-order valence-electron chi connectivity index (χ3n) is 4.71. The zero-order chi connectivity index (χ0) is 19.5. The Morgan fingerprint density at radius 2 is 2.11 bits per heavy atom. The number of nitrogens with zero attached hydrogens (tertiary/aromatic N) is 3. The lowest BCUT2D eigenvalue weighted by Gasteiger charge is -2.23. The molecule has 6 nitrogen and oxygen atoms in total. The molecule has 2 amide bonds. The van der Waals surface area contributed by atoms with E-state index < -0.39 is 6.04 Å². The summed E-state index contributed by atoms with van der Waals surface area (Å²) in [7, 11) is 0. The Kier molecular flexibility index (Phi) is 5.50. The average molecular weight is 413 g/mol. The number of carbonyl (C=O) groups is 2. The smallest absolute Gasteiger partial charge is 0.266 e. The van der Waals surface area contributed by atoms with Crippen LogP contribution in [0, 0.1) is 6.92 Å². The van der Waals surface area contributed by atoms with Crippen molar-refractivity contribution in [3.05, 3.63) is 63.1 Å². The molecule has 3 aromatic rings. The highest BCUT2D eigenvalue weighted by atomic mass is 32.1. The molecule has 0 spiro atoms. The molecule has 144 valence electrons. The first-order chi connectivity index (χ1) is 13.6. The van der Waals surface area contributed by atoms with Crippen LogP contribution in [0.2, 0.25) is 0 Å². The number of aryl methyl sites for hydroxylation is 1. The maximum Gasteiger partial charge on any atom is 0.266 e. The van der Waals surface area contributed by atoms with Gasteiger partial charge in [0.25, 0.3) is 5.91 Å². The summed E-state index contributed by atoms with van der Waals surface area (Å²) in [4.78, 5) is 36.8. The highest BCUT2D eigenvalue weighted by Crippen LogP contribution is 2.27. The monoisotopic (exact) mass is 412 g/mol. The molecule has 28 heavy (non-hydrogen) atoms. The molecular weight excluding hydrogens is 392 g/mol. The second kappa shape index (κ2) is 8.20. The standard InChI is InChI=1S/C20H20N4O2S2/c1-13-17(28-16(22-13)12-14-6-3-2-4-7-14)19(26)24-10-5-8-15(24)18(25)23-20-21-9-11-27-20/h2-4,6-7,9,11,15H,5,8,10,12H2,1H3,(H,21,23,25). The van der Waals surface area contributed by atoms with Crippen molar-refractivity contribution in [1.82, 2.24) is 14.9 Å². The molecule has 3 heterocycles. The average Bonchev–Trinajstić information content (AvgIpc) is 3.43. The van der Waals surface area contributed by atoms with Crippen molar-refractivity contribution >= 4 is 39.6 Å². The van der Waals surface area contributed by atoms with Gasteiger partial charge in [0.15, 0.2) is 5.13 Å². The van der Waals surface area contributed by atoms with E-state index in [2.05, 4.69) is 27.4 Å². The van der Waals surface area contributed by atoms with Crippen molar-refractivity contribution in [3.63, 3.8) is 0 Å². The third-order valence-corrected chi connectivity index (χ3v) is 6.55. The van der Waals surface area contributed by atoms with Gasteiger partial charge < -0.3 is 10.2 Å². The first-order valence-electron chi connectivity index (χ1n) is 9.13. The molecule has 1 aliphatic rings. The highest BCUT2D eigenvalue weighted by Gasteiger charge is 2.36. The first-order valence-corrected chi connectivity index (χ1v) is 10.8. The lowest BCUT2D eigenvalue weighted by atomic mass is 10.2. The van der Waals surface area contributed by atoms with E-state index in [0.717, 1.165) is 22.7 Å². The molecule has 0 saturated carbocycles. The van der Waals surface area contributed by atoms with Crippen molar-refractivity contribution in [1.29, 1.82) is 0 Å². The molecule has 1 aromatic carbocycles. The maximum absolute atomic E-state index is 13.2. The summed E-state index contributed by atoms with van der Waals surface area (Å²) < 4.78 is 0. The Morgan fingerprint density at radius 3 is 2.86 bits per heavy atom. The minimum absolute atomic E-state index is 0.105. The first kappa shape index (κ1) is 18.8. The molecule has 0 bridgehead atoms. The molecule has 1 fully saturated rings. The van der Waals surface area contributed by atoms with Crippen LogP contribution in [0.15, 0.2) is 41.9 Å². The molecule has 1 N–H and O–H groups in total. The van der Waals surface area contributed by atoms with E-state index in [-0.39, 0.29) is 11.8 Å². The van der Waals surface area contributed by atoms with E-state index >= 15 is 0 Å². The van der Waals surface area contributed by atoms with Crippen molar-refractivity contribution in [2.75, 3.05) is 11.9 Å². The molecule has 4 rings (SSSR count). The van der Waals surface area contributed by atoms with Crippen molar-refractivity contribution in [3.8, 4) is 0 Å². The number of carbonyl (C=O) groups excluding carboxylic acids is 2. The molecule has 1 unspecified atom stereocenters. The Balaban J connectivity index is 1.49. The fourth-order valence-electron chi connectivity index (χ4n) is 3.38. The van der Waals surface area contributed by atoms with Gasteiger partial charge in [-0.05, 0) is 25.3 Å². The Morgan fingerprint density at radius 1 is 1.29 bits per heavy atom. The van der Waals surface area contributed by atoms with Crippen LogP contribution in [-0.4, -0.2) is 39.3 Å². The summed E-state index contributed by atoms with van der Waals surface area (Å²) in [6.07, 6.45) is 3.83. The molecule has 1 saturated heterocycles. The van der Waals surface area contributed by atoms with Gasteiger partial charge in [-0.3, -0.25) is 9.59 Å². The van der Waals surface area contributed by atoms with Crippen LogP contribution < -0.4 is 5.32 Å². The van der Waals surface area contributed by atoms with Gasteiger partial charge in [0.05, 0.1) is 10.7 Å². The van der Waals surface area contributed by atoms with Gasteiger partial charge in [-0.25, -0.2) is 9.97 Å². The van der Waals surface area contributed by atoms with E-state index in [1.807, 2.05) is 30.5 Å². The number of hydrogen-bond acceptors (Lipinski definition) is 6. The number of likely N-dealkylation sites (tertiary alicyclic amines) is 1. The van der Waals surface area contributed by atoms with Gasteiger partial charge in [-0.1, -0.05) is 30.3 Å². The van der Waals surface area contributed by atoms with Gasteiger partial charge in [-0.15, -0.1) is 22.7 Å². The summed E-state index contributed by atoms with van der Waals surface area (Å²) in [5.74, 6) is -0.279. The SMILES string of the molecule is Cc1nc(Cc2ccccc2)sc1C(=O)N1CCCC1C(=O)Nc1nccs1. The minimum Gasteiger partial charge on any atom is -0.326 e. The Hall–Kier alpha value is -2.58. The van der Waals surface area contributed by atoms with Crippen LogP contribution in [-0.2, 0) is 11.2 Å². The van der Waals surface area contributed by atoms with Gasteiger partial charge in [0.2, 0.25) is 5.91 Å². The van der Waals surface area contributed by atoms with Crippen LogP contribution >= 0.6 is 22.7 Å². The van der Waals surface area contributed by atoms with Gasteiger partial charge in [0, 0.05) is 24.5 Å². The molecular formula is C20H20N4O2S2. The van der Waals surface area contributed by atoms with Gasteiger partial charge >= 0.3 is 0 Å². The predicted octanol–water partition coefficient (Wildman–Crippen LogP) is 3.74. The number of amides is 2. The van der Waals surface area contributed by atoms with Crippen LogP contribution in [0.4, 0.5) is 5.13 Å². The van der Waals surface area contributed by atoms with Gasteiger partial charge in [-0.2, -0.15) is 0 Å². The summed E-state index contributed by atoms with van der Waals surface area (Å²) in [6, 6.07) is 9.62. The van der Waals surface area contributed by atoms with Crippen LogP contribution in [0.5, 0.6) is 0 Å². The quantitative estimate of drug-likeness (QED) is 0.693. The number of benzene rings is 1. The molecule has 0 radical (unpaired) electrons. The van der Waals surface area contributed by atoms with Crippen LogP contribution in [0.1, 0.15) is 38.8 Å². The second-order valence-corrected chi connectivity index (χ2v) is 8.65. The summed E-state index contributed by atoms with van der Waals surface area (Å²) in [6.45, 7) is 2.44. The van der Waals surface area contributed by atoms with Crippen LogP contribution in [0.25, 0.3) is 0 Å². The number of aromatic nitrogens is 2. The van der Waals surface area contributed by atoms with E-state index in [1.54, 1.807) is 11.1 Å². The summed E-state index contributed by atoms with van der Waals surface area (Å²) >= 11 is 2.79. The summed E-state index contributed by atoms with van der Waals surface area (Å²) in [5.41, 5.74) is 1.89. The number of anilines is 1. The highest BCUT2D eigenvalue weighted by molar-refractivity contribution is 7.14. The van der Waals surface area contributed by atoms with Gasteiger partial charge in [0.1, 0.15) is 10.9 Å².